The number of hydrogen-bond donors (Lipinski definition) is 0. The zero-order chi connectivity index (χ0) is 22.4. The number of Topliss-reactive ketones (excluding diaryl/α,β-unsaturated/α-hetero) is 1. The molecule has 166 valence electrons. The van der Waals surface area contributed by atoms with Crippen molar-refractivity contribution in [3.05, 3.63) is 52.3 Å². The number of hydrogen-bond acceptors (Lipinski definition) is 4. The van der Waals surface area contributed by atoms with E-state index in [-0.39, 0.29) is 22.3 Å². The van der Waals surface area contributed by atoms with Crippen LogP contribution in [-0.4, -0.2) is 57.6 Å². The highest BCUT2D eigenvalue weighted by Gasteiger charge is 2.45. The monoisotopic (exact) mass is 454 g/mol. The molecule has 0 bridgehead atoms. The summed E-state index contributed by atoms with van der Waals surface area (Å²) in [6, 6.07) is 3.37. The van der Waals surface area contributed by atoms with Crippen LogP contribution in [-0.2, 0) is 12.7 Å². The van der Waals surface area contributed by atoms with E-state index in [1.807, 2.05) is 0 Å². The predicted octanol–water partition coefficient (Wildman–Crippen LogP) is 4.32. The highest BCUT2D eigenvalue weighted by atomic mass is 35.5. The Kier molecular flexibility index (Phi) is 5.59. The first-order valence-corrected chi connectivity index (χ1v) is 10.4. The number of alkyl halides is 3. The van der Waals surface area contributed by atoms with E-state index >= 15 is 0 Å². The van der Waals surface area contributed by atoms with Gasteiger partial charge in [-0.2, -0.15) is 23.0 Å². The molecule has 2 saturated heterocycles. The van der Waals surface area contributed by atoms with Gasteiger partial charge in [-0.3, -0.25) is 9.69 Å². The molecular weight excluding hydrogens is 433 g/mol. The van der Waals surface area contributed by atoms with E-state index in [9.17, 15) is 22.8 Å². The molecule has 1 aromatic heterocycles. The Bertz CT molecular complexity index is 1020. The number of rotatable bonds is 3. The van der Waals surface area contributed by atoms with Crippen LogP contribution in [0.1, 0.15) is 41.3 Å². The molecule has 1 spiro atoms. The van der Waals surface area contributed by atoms with Crippen LogP contribution in [0.4, 0.5) is 18.0 Å². The topological polar surface area (TPSA) is 58.4 Å². The summed E-state index contributed by atoms with van der Waals surface area (Å²) in [4.78, 5) is 28.0. The van der Waals surface area contributed by atoms with Crippen LogP contribution < -0.4 is 0 Å². The van der Waals surface area contributed by atoms with Crippen LogP contribution in [0, 0.1) is 5.41 Å². The zero-order valence-corrected chi connectivity index (χ0v) is 17.7. The Morgan fingerprint density at radius 3 is 2.58 bits per heavy atom. The fourth-order valence-electron chi connectivity index (χ4n) is 4.51. The number of amides is 1. The number of carbonyl (C=O) groups excluding carboxylic acids is 2. The number of halogens is 4. The average molecular weight is 455 g/mol. The van der Waals surface area contributed by atoms with E-state index in [1.54, 1.807) is 11.0 Å². The fourth-order valence-corrected chi connectivity index (χ4v) is 4.77. The largest absolute Gasteiger partial charge is 0.416 e. The minimum atomic E-state index is -4.44. The van der Waals surface area contributed by atoms with Gasteiger partial charge in [0.05, 0.1) is 17.3 Å². The molecule has 0 radical (unpaired) electrons. The van der Waals surface area contributed by atoms with Crippen molar-refractivity contribution in [2.45, 2.75) is 32.5 Å². The Labute approximate surface area is 182 Å². The van der Waals surface area contributed by atoms with E-state index in [2.05, 4.69) is 10.00 Å². The molecule has 0 N–H and O–H groups in total. The molecule has 1 atom stereocenters. The van der Waals surface area contributed by atoms with Gasteiger partial charge in [0.15, 0.2) is 5.78 Å². The third-order valence-electron chi connectivity index (χ3n) is 6.10. The van der Waals surface area contributed by atoms with Gasteiger partial charge in [-0.1, -0.05) is 11.6 Å². The van der Waals surface area contributed by atoms with Crippen molar-refractivity contribution in [1.82, 2.24) is 19.6 Å². The standard InChI is InChI=1S/C21H22ClF3N4O2/c1-14(30)16-9-26-29(11-16)19(31)28-5-3-20(13-28)2-4-27(12-20)10-15-6-17(21(23,24)25)8-18(22)7-15/h6-9,11H,2-5,10,12-13H2,1H3/t20-/m0/s1. The Morgan fingerprint density at radius 1 is 1.16 bits per heavy atom. The highest BCUT2D eigenvalue weighted by Crippen LogP contribution is 2.40. The Balaban J connectivity index is 1.40. The molecule has 1 amide bonds. The quantitative estimate of drug-likeness (QED) is 0.648. The van der Waals surface area contributed by atoms with Gasteiger partial charge in [0.25, 0.3) is 0 Å². The van der Waals surface area contributed by atoms with E-state index in [0.29, 0.717) is 37.3 Å². The summed E-state index contributed by atoms with van der Waals surface area (Å²) in [5.74, 6) is -0.155. The molecule has 2 fully saturated rings. The molecule has 31 heavy (non-hydrogen) atoms. The van der Waals surface area contributed by atoms with Gasteiger partial charge in [0.1, 0.15) is 0 Å². The third kappa shape index (κ3) is 4.62. The van der Waals surface area contributed by atoms with Crippen molar-refractivity contribution >= 4 is 23.4 Å². The van der Waals surface area contributed by atoms with Gasteiger partial charge in [-0.25, -0.2) is 4.79 Å². The summed E-state index contributed by atoms with van der Waals surface area (Å²) in [7, 11) is 0. The first-order chi connectivity index (χ1) is 14.5. The normalized spacial score (nSPS) is 21.9. The molecule has 2 aromatic rings. The fraction of sp³-hybridized carbons (Fsp3) is 0.476. The van der Waals surface area contributed by atoms with E-state index in [4.69, 9.17) is 11.6 Å². The van der Waals surface area contributed by atoms with Crippen LogP contribution in [0.15, 0.2) is 30.6 Å². The average Bonchev–Trinajstić information content (AvgIpc) is 3.41. The summed E-state index contributed by atoms with van der Waals surface area (Å²) in [5, 5.41) is 4.06. The van der Waals surface area contributed by atoms with Crippen LogP contribution in [0.3, 0.4) is 0 Å². The molecule has 2 aliphatic rings. The van der Waals surface area contributed by atoms with Crippen molar-refractivity contribution in [2.24, 2.45) is 5.41 Å². The van der Waals surface area contributed by atoms with Gasteiger partial charge in [0.2, 0.25) is 0 Å². The highest BCUT2D eigenvalue weighted by molar-refractivity contribution is 6.30. The molecule has 3 heterocycles. The number of likely N-dealkylation sites (tertiary alicyclic amines) is 2. The molecular formula is C21H22ClF3N4O2. The van der Waals surface area contributed by atoms with Crippen LogP contribution in [0.5, 0.6) is 0 Å². The van der Waals surface area contributed by atoms with Gasteiger partial charge >= 0.3 is 12.2 Å². The Morgan fingerprint density at radius 2 is 1.90 bits per heavy atom. The number of ketones is 1. The Hall–Kier alpha value is -2.39. The lowest BCUT2D eigenvalue weighted by Crippen LogP contribution is -2.36. The van der Waals surface area contributed by atoms with E-state index < -0.39 is 11.7 Å². The number of benzene rings is 1. The second kappa shape index (κ2) is 7.94. The van der Waals surface area contributed by atoms with Crippen LogP contribution in [0.25, 0.3) is 0 Å². The van der Waals surface area contributed by atoms with Crippen molar-refractivity contribution in [3.63, 3.8) is 0 Å². The summed E-state index contributed by atoms with van der Waals surface area (Å²) < 4.78 is 40.4. The van der Waals surface area contributed by atoms with Gasteiger partial charge in [-0.05, 0) is 50.1 Å². The SMILES string of the molecule is CC(=O)c1cnn(C(=O)N2CC[C@]3(CCN(Cc4cc(Cl)cc(C(F)(F)F)c4)C3)C2)c1. The molecule has 0 unspecified atom stereocenters. The second-order valence-electron chi connectivity index (χ2n) is 8.49. The third-order valence-corrected chi connectivity index (χ3v) is 6.32. The van der Waals surface area contributed by atoms with Crippen molar-refractivity contribution in [3.8, 4) is 0 Å². The number of carbonyl (C=O) groups is 2. The van der Waals surface area contributed by atoms with Crippen LogP contribution >= 0.6 is 11.6 Å². The molecule has 1 aromatic carbocycles. The molecule has 0 aliphatic carbocycles. The number of aromatic nitrogens is 2. The van der Waals surface area contributed by atoms with Gasteiger partial charge in [0, 0.05) is 42.8 Å². The first kappa shape index (κ1) is 21.8. The number of nitrogens with zero attached hydrogens (tertiary/aromatic N) is 4. The van der Waals surface area contributed by atoms with Gasteiger partial charge in [-0.15, -0.1) is 0 Å². The van der Waals surface area contributed by atoms with Gasteiger partial charge < -0.3 is 4.90 Å². The van der Waals surface area contributed by atoms with E-state index in [0.717, 1.165) is 31.5 Å². The summed E-state index contributed by atoms with van der Waals surface area (Å²) in [5.41, 5.74) is 0.0772. The molecule has 10 heteroatoms. The lowest BCUT2D eigenvalue weighted by Gasteiger charge is -2.25. The minimum Gasteiger partial charge on any atom is -0.322 e. The minimum absolute atomic E-state index is 0.0699. The summed E-state index contributed by atoms with van der Waals surface area (Å²) in [6.45, 7) is 4.37. The predicted molar refractivity (Wildman–Crippen MR) is 108 cm³/mol. The molecule has 2 aliphatic heterocycles. The molecule has 6 nitrogen and oxygen atoms in total. The maximum atomic E-state index is 13.1. The maximum absolute atomic E-state index is 13.1. The lowest BCUT2D eigenvalue weighted by atomic mass is 9.86. The first-order valence-electron chi connectivity index (χ1n) is 9.99. The molecule has 4 rings (SSSR count). The van der Waals surface area contributed by atoms with Crippen molar-refractivity contribution in [2.75, 3.05) is 26.2 Å². The lowest BCUT2D eigenvalue weighted by molar-refractivity contribution is -0.137. The zero-order valence-electron chi connectivity index (χ0n) is 17.0. The summed E-state index contributed by atoms with van der Waals surface area (Å²) in [6.07, 6.45) is 0.0607. The van der Waals surface area contributed by atoms with E-state index in [1.165, 1.54) is 24.0 Å². The smallest absolute Gasteiger partial charge is 0.322 e. The molecule has 0 saturated carbocycles. The van der Waals surface area contributed by atoms with Crippen molar-refractivity contribution < 1.29 is 22.8 Å². The van der Waals surface area contributed by atoms with Crippen molar-refractivity contribution in [1.29, 1.82) is 0 Å². The maximum Gasteiger partial charge on any atom is 0.416 e. The van der Waals surface area contributed by atoms with Crippen LogP contribution in [0.2, 0.25) is 5.02 Å². The second-order valence-corrected chi connectivity index (χ2v) is 8.93. The summed E-state index contributed by atoms with van der Waals surface area (Å²) >= 11 is 5.90.